The lowest BCUT2D eigenvalue weighted by molar-refractivity contribution is -0.116. The van der Waals surface area contributed by atoms with Crippen molar-refractivity contribution in [2.24, 2.45) is 5.92 Å². The Morgan fingerprint density at radius 2 is 2.14 bits per heavy atom. The van der Waals surface area contributed by atoms with E-state index >= 15 is 0 Å². The molecule has 0 spiro atoms. The first-order valence-corrected chi connectivity index (χ1v) is 7.34. The molecule has 0 saturated carbocycles. The zero-order chi connectivity index (χ0) is 15.8. The molecule has 0 aliphatic carbocycles. The minimum atomic E-state index is -0.00943. The summed E-state index contributed by atoms with van der Waals surface area (Å²) < 4.78 is 5.08. The van der Waals surface area contributed by atoms with E-state index in [2.05, 4.69) is 31.1 Å². The summed E-state index contributed by atoms with van der Waals surface area (Å²) in [4.78, 5) is 14.2. The van der Waals surface area contributed by atoms with E-state index in [4.69, 9.17) is 10.5 Å². The van der Waals surface area contributed by atoms with E-state index in [0.29, 0.717) is 29.5 Å². The summed E-state index contributed by atoms with van der Waals surface area (Å²) in [6.45, 7) is 6.35. The van der Waals surface area contributed by atoms with E-state index < -0.39 is 0 Å². The van der Waals surface area contributed by atoms with E-state index in [9.17, 15) is 4.79 Å². The maximum absolute atomic E-state index is 11.9. The summed E-state index contributed by atoms with van der Waals surface area (Å²) in [5.41, 5.74) is 7.02. The van der Waals surface area contributed by atoms with Crippen LogP contribution in [-0.4, -0.2) is 38.1 Å². The van der Waals surface area contributed by atoms with Gasteiger partial charge in [0.2, 0.25) is 5.91 Å². The Morgan fingerprint density at radius 1 is 1.43 bits per heavy atom. The first-order valence-electron chi connectivity index (χ1n) is 7.34. The largest absolute Gasteiger partial charge is 0.497 e. The Kier molecular flexibility index (Phi) is 7.02. The van der Waals surface area contributed by atoms with E-state index in [1.807, 2.05) is 0 Å². The number of anilines is 2. The fourth-order valence-corrected chi connectivity index (χ4v) is 2.22. The van der Waals surface area contributed by atoms with Gasteiger partial charge in [-0.2, -0.15) is 0 Å². The number of rotatable bonds is 8. The lowest BCUT2D eigenvalue weighted by Crippen LogP contribution is -2.25. The van der Waals surface area contributed by atoms with E-state index in [1.54, 1.807) is 25.3 Å². The smallest absolute Gasteiger partial charge is 0.224 e. The molecular formula is C16H27N3O2. The highest BCUT2D eigenvalue weighted by molar-refractivity contribution is 5.93. The molecule has 0 unspecified atom stereocenters. The standard InChI is InChI=1S/C16H27N3O2/c1-12(2)11-19(3)9-5-6-16(20)18-15-8-7-13(21-4)10-14(15)17/h7-8,10,12H,5-6,9,11,17H2,1-4H3,(H,18,20). The van der Waals surface area contributed by atoms with Crippen molar-refractivity contribution in [3.63, 3.8) is 0 Å². The van der Waals surface area contributed by atoms with Crippen molar-refractivity contribution in [3.8, 4) is 5.75 Å². The number of carbonyl (C=O) groups is 1. The summed E-state index contributed by atoms with van der Waals surface area (Å²) >= 11 is 0. The van der Waals surface area contributed by atoms with Gasteiger partial charge in [0.15, 0.2) is 0 Å². The van der Waals surface area contributed by atoms with Gasteiger partial charge in [-0.25, -0.2) is 0 Å². The lowest BCUT2D eigenvalue weighted by Gasteiger charge is -2.18. The molecular weight excluding hydrogens is 266 g/mol. The second kappa shape index (κ2) is 8.52. The summed E-state index contributed by atoms with van der Waals surface area (Å²) in [7, 11) is 3.67. The highest BCUT2D eigenvalue weighted by Gasteiger charge is 2.07. The van der Waals surface area contributed by atoms with Gasteiger partial charge in [-0.05, 0) is 38.1 Å². The maximum Gasteiger partial charge on any atom is 0.224 e. The molecule has 21 heavy (non-hydrogen) atoms. The van der Waals surface area contributed by atoms with Gasteiger partial charge in [0.1, 0.15) is 5.75 Å². The number of ether oxygens (including phenoxy) is 1. The highest BCUT2D eigenvalue weighted by atomic mass is 16.5. The van der Waals surface area contributed by atoms with Crippen LogP contribution in [-0.2, 0) is 4.79 Å². The third kappa shape index (κ3) is 6.49. The fraction of sp³-hybridized carbons (Fsp3) is 0.562. The molecule has 118 valence electrons. The molecule has 0 aromatic heterocycles. The van der Waals surface area contributed by atoms with Crippen LogP contribution in [0.4, 0.5) is 11.4 Å². The van der Waals surface area contributed by atoms with Gasteiger partial charge in [-0.1, -0.05) is 13.8 Å². The Balaban J connectivity index is 2.37. The van der Waals surface area contributed by atoms with Crippen molar-refractivity contribution >= 4 is 17.3 Å². The molecule has 0 aliphatic rings. The number of benzene rings is 1. The van der Waals surface area contributed by atoms with Crippen LogP contribution >= 0.6 is 0 Å². The third-order valence-corrected chi connectivity index (χ3v) is 3.15. The maximum atomic E-state index is 11.9. The molecule has 0 saturated heterocycles. The molecule has 0 aliphatic heterocycles. The zero-order valence-corrected chi connectivity index (χ0v) is 13.5. The van der Waals surface area contributed by atoms with Gasteiger partial charge in [0.05, 0.1) is 18.5 Å². The van der Waals surface area contributed by atoms with Gasteiger partial charge < -0.3 is 20.7 Å². The minimum Gasteiger partial charge on any atom is -0.497 e. The molecule has 0 atom stereocenters. The topological polar surface area (TPSA) is 67.6 Å². The van der Waals surface area contributed by atoms with Gasteiger partial charge >= 0.3 is 0 Å². The first kappa shape index (κ1) is 17.3. The van der Waals surface area contributed by atoms with Crippen LogP contribution in [0.5, 0.6) is 5.75 Å². The summed E-state index contributed by atoms with van der Waals surface area (Å²) in [6, 6.07) is 5.24. The van der Waals surface area contributed by atoms with Crippen LogP contribution in [0.15, 0.2) is 18.2 Å². The monoisotopic (exact) mass is 293 g/mol. The number of nitrogen functional groups attached to an aromatic ring is 1. The minimum absolute atomic E-state index is 0.00943. The SMILES string of the molecule is COc1ccc(NC(=O)CCCN(C)CC(C)C)c(N)c1. The van der Waals surface area contributed by atoms with Gasteiger partial charge in [0, 0.05) is 19.0 Å². The highest BCUT2D eigenvalue weighted by Crippen LogP contribution is 2.24. The second-order valence-corrected chi connectivity index (χ2v) is 5.76. The molecule has 3 N–H and O–H groups in total. The molecule has 5 heteroatoms. The van der Waals surface area contributed by atoms with Crippen molar-refractivity contribution in [2.45, 2.75) is 26.7 Å². The Morgan fingerprint density at radius 3 is 2.71 bits per heavy atom. The average Bonchev–Trinajstić information content (AvgIpc) is 2.40. The Bertz CT molecular complexity index is 461. The number of nitrogens with two attached hydrogens (primary N) is 1. The van der Waals surface area contributed by atoms with Crippen LogP contribution in [0.25, 0.3) is 0 Å². The van der Waals surface area contributed by atoms with Crippen LogP contribution in [0, 0.1) is 5.92 Å². The second-order valence-electron chi connectivity index (χ2n) is 5.76. The summed E-state index contributed by atoms with van der Waals surface area (Å²) in [5, 5.41) is 2.84. The van der Waals surface area contributed by atoms with E-state index in [0.717, 1.165) is 19.5 Å². The molecule has 1 aromatic carbocycles. The van der Waals surface area contributed by atoms with Gasteiger partial charge in [-0.15, -0.1) is 0 Å². The number of carbonyl (C=O) groups excluding carboxylic acids is 1. The van der Waals surface area contributed by atoms with Crippen LogP contribution in [0.3, 0.4) is 0 Å². The summed E-state index contributed by atoms with van der Waals surface area (Å²) in [5.74, 6) is 1.31. The molecule has 1 aromatic rings. The molecule has 0 bridgehead atoms. The summed E-state index contributed by atoms with van der Waals surface area (Å²) in [6.07, 6.45) is 1.33. The van der Waals surface area contributed by atoms with Gasteiger partial charge in [-0.3, -0.25) is 4.79 Å². The van der Waals surface area contributed by atoms with Crippen molar-refractivity contribution in [1.29, 1.82) is 0 Å². The average molecular weight is 293 g/mol. The molecule has 0 heterocycles. The molecule has 1 amide bonds. The van der Waals surface area contributed by atoms with Crippen molar-refractivity contribution < 1.29 is 9.53 Å². The first-order chi connectivity index (χ1) is 9.92. The molecule has 1 rings (SSSR count). The number of hydrogen-bond acceptors (Lipinski definition) is 4. The molecule has 0 radical (unpaired) electrons. The van der Waals surface area contributed by atoms with E-state index in [1.165, 1.54) is 0 Å². The predicted octanol–water partition coefficient (Wildman–Crippen LogP) is 2.58. The lowest BCUT2D eigenvalue weighted by atomic mass is 10.2. The predicted molar refractivity (Wildman–Crippen MR) is 87.6 cm³/mol. The van der Waals surface area contributed by atoms with Crippen LogP contribution in [0.2, 0.25) is 0 Å². The fourth-order valence-electron chi connectivity index (χ4n) is 2.22. The van der Waals surface area contributed by atoms with Crippen molar-refractivity contribution in [1.82, 2.24) is 4.90 Å². The molecule has 0 fully saturated rings. The van der Waals surface area contributed by atoms with Crippen molar-refractivity contribution in [3.05, 3.63) is 18.2 Å². The number of nitrogens with one attached hydrogen (secondary N) is 1. The van der Waals surface area contributed by atoms with Gasteiger partial charge in [0.25, 0.3) is 0 Å². The normalized spacial score (nSPS) is 11.0. The van der Waals surface area contributed by atoms with Crippen LogP contribution < -0.4 is 15.8 Å². The number of methoxy groups -OCH3 is 1. The van der Waals surface area contributed by atoms with E-state index in [-0.39, 0.29) is 5.91 Å². The Hall–Kier alpha value is -1.75. The quantitative estimate of drug-likeness (QED) is 0.723. The zero-order valence-electron chi connectivity index (χ0n) is 13.5. The van der Waals surface area contributed by atoms with Crippen LogP contribution in [0.1, 0.15) is 26.7 Å². The van der Waals surface area contributed by atoms with Crippen molar-refractivity contribution in [2.75, 3.05) is 38.3 Å². The number of amides is 1. The number of hydrogen-bond donors (Lipinski definition) is 2. The third-order valence-electron chi connectivity index (χ3n) is 3.15. The molecule has 5 nitrogen and oxygen atoms in total. The Labute approximate surface area is 127 Å². The number of nitrogens with zero attached hydrogens (tertiary/aromatic N) is 1.